The van der Waals surface area contributed by atoms with Gasteiger partial charge in [-0.1, -0.05) is 19.4 Å². The second-order valence-electron chi connectivity index (χ2n) is 11.3. The van der Waals surface area contributed by atoms with Crippen LogP contribution < -0.4 is 0 Å². The Morgan fingerprint density at radius 3 is 2.86 bits per heavy atom. The van der Waals surface area contributed by atoms with Crippen molar-refractivity contribution < 1.29 is 19.4 Å². The lowest BCUT2D eigenvalue weighted by Gasteiger charge is -2.56. The first-order valence-corrected chi connectivity index (χ1v) is 11.3. The quantitative estimate of drug-likeness (QED) is 0.755. The van der Waals surface area contributed by atoms with Crippen LogP contribution in [0.5, 0.6) is 0 Å². The molecule has 0 bridgehead atoms. The van der Waals surface area contributed by atoms with E-state index in [4.69, 9.17) is 4.74 Å². The average Bonchev–Trinajstić information content (AvgIpc) is 3.52. The topological polar surface area (TPSA) is 66.9 Å². The first-order chi connectivity index (χ1) is 13.2. The molecule has 1 spiro atoms. The van der Waals surface area contributed by atoms with E-state index in [0.29, 0.717) is 48.7 Å². The molecule has 28 heavy (non-hydrogen) atoms. The van der Waals surface area contributed by atoms with Crippen molar-refractivity contribution in [3.05, 3.63) is 11.6 Å². The number of carbonyl (C=O) groups is 2. The molecule has 3 unspecified atom stereocenters. The standard InChI is InChI=1S/C24H32O4/c1-13(25)4-8-23(27)9-6-17-20-16-11-15(16)18-10-14(26)5-7-21(18,2)24(20)19(28-24)12-22(17,23)3/h10,15-17,19-20,27H,4-9,11-12H2,1-3H3/t15?,16?,17-,19+,20-,21-,22-,23-,24?/m0/s1. The third-order valence-corrected chi connectivity index (χ3v) is 10.3. The van der Waals surface area contributed by atoms with Gasteiger partial charge in [-0.3, -0.25) is 4.79 Å². The highest BCUT2D eigenvalue weighted by Crippen LogP contribution is 2.82. The minimum atomic E-state index is -0.745. The van der Waals surface area contributed by atoms with E-state index in [9.17, 15) is 14.7 Å². The minimum Gasteiger partial charge on any atom is -0.389 e. The largest absolute Gasteiger partial charge is 0.389 e. The number of fused-ring (bicyclic) bond motifs is 6. The van der Waals surface area contributed by atoms with Gasteiger partial charge in [-0.2, -0.15) is 0 Å². The molecule has 1 heterocycles. The summed E-state index contributed by atoms with van der Waals surface area (Å²) < 4.78 is 6.66. The van der Waals surface area contributed by atoms with Gasteiger partial charge >= 0.3 is 0 Å². The maximum atomic E-state index is 12.2. The van der Waals surface area contributed by atoms with Gasteiger partial charge < -0.3 is 14.6 Å². The Bertz CT molecular complexity index is 830. The molecule has 1 N–H and O–H groups in total. The van der Waals surface area contributed by atoms with Gasteiger partial charge in [0.2, 0.25) is 0 Å². The van der Waals surface area contributed by atoms with Crippen molar-refractivity contribution in [2.24, 2.45) is 34.5 Å². The van der Waals surface area contributed by atoms with Gasteiger partial charge in [0.25, 0.3) is 0 Å². The van der Waals surface area contributed by atoms with Crippen molar-refractivity contribution >= 4 is 11.6 Å². The number of carbonyl (C=O) groups excluding carboxylic acids is 2. The van der Waals surface area contributed by atoms with Crippen LogP contribution in [0.4, 0.5) is 0 Å². The first kappa shape index (κ1) is 17.8. The molecular formula is C24H32O4. The number of hydrogen-bond acceptors (Lipinski definition) is 4. The van der Waals surface area contributed by atoms with Crippen molar-refractivity contribution in [2.45, 2.75) is 89.4 Å². The zero-order valence-corrected chi connectivity index (χ0v) is 17.3. The Kier molecular flexibility index (Phi) is 3.18. The Morgan fingerprint density at radius 2 is 2.11 bits per heavy atom. The van der Waals surface area contributed by atoms with E-state index >= 15 is 0 Å². The molecule has 1 aliphatic heterocycles. The summed E-state index contributed by atoms with van der Waals surface area (Å²) in [6.45, 7) is 6.28. The average molecular weight is 385 g/mol. The highest BCUT2D eigenvalue weighted by molar-refractivity contribution is 5.92. The normalized spacial score (nSPS) is 57.9. The van der Waals surface area contributed by atoms with Gasteiger partial charge in [0.1, 0.15) is 11.4 Å². The monoisotopic (exact) mass is 384 g/mol. The van der Waals surface area contributed by atoms with E-state index in [1.54, 1.807) is 6.92 Å². The van der Waals surface area contributed by atoms with E-state index in [1.165, 1.54) is 12.0 Å². The van der Waals surface area contributed by atoms with Crippen LogP contribution in [-0.4, -0.2) is 34.0 Å². The molecule has 0 aromatic rings. The van der Waals surface area contributed by atoms with Crippen LogP contribution in [0.15, 0.2) is 11.6 Å². The summed E-state index contributed by atoms with van der Waals surface area (Å²) in [6, 6.07) is 0. The number of aliphatic hydroxyl groups is 1. The van der Waals surface area contributed by atoms with Crippen molar-refractivity contribution in [1.82, 2.24) is 0 Å². The Balaban J connectivity index is 1.40. The van der Waals surface area contributed by atoms with E-state index in [1.807, 2.05) is 6.08 Å². The lowest BCUT2D eigenvalue weighted by Crippen LogP contribution is -2.60. The number of rotatable bonds is 3. The molecule has 5 aliphatic carbocycles. The third-order valence-electron chi connectivity index (χ3n) is 10.3. The van der Waals surface area contributed by atoms with Crippen molar-refractivity contribution in [1.29, 1.82) is 0 Å². The Labute approximate surface area is 167 Å². The lowest BCUT2D eigenvalue weighted by atomic mass is 9.46. The fraction of sp³-hybridized carbons (Fsp3) is 0.833. The van der Waals surface area contributed by atoms with Crippen molar-refractivity contribution in [2.75, 3.05) is 0 Å². The van der Waals surface area contributed by atoms with Crippen molar-refractivity contribution in [3.63, 3.8) is 0 Å². The molecule has 0 radical (unpaired) electrons. The fourth-order valence-electron chi connectivity index (χ4n) is 8.72. The Hall–Kier alpha value is -1.00. The van der Waals surface area contributed by atoms with Gasteiger partial charge in [0, 0.05) is 23.7 Å². The van der Waals surface area contributed by atoms with E-state index in [-0.39, 0.29) is 28.3 Å². The smallest absolute Gasteiger partial charge is 0.155 e. The van der Waals surface area contributed by atoms with E-state index in [0.717, 1.165) is 25.7 Å². The SMILES string of the molecule is CC(=O)CC[C@]1(O)CC[C@H]2[C@@H]3C4CC4C4=CC(=O)CC[C@]4(C)C34O[C@@H]4C[C@@]21C. The molecule has 4 saturated carbocycles. The van der Waals surface area contributed by atoms with Crippen LogP contribution in [0.25, 0.3) is 0 Å². The third kappa shape index (κ3) is 1.82. The second-order valence-corrected chi connectivity index (χ2v) is 11.3. The number of ether oxygens (including phenoxy) is 1. The zero-order valence-electron chi connectivity index (χ0n) is 17.3. The highest BCUT2D eigenvalue weighted by Gasteiger charge is 2.84. The van der Waals surface area contributed by atoms with Crippen LogP contribution in [0.3, 0.4) is 0 Å². The summed E-state index contributed by atoms with van der Waals surface area (Å²) in [5, 5.41) is 11.7. The summed E-state index contributed by atoms with van der Waals surface area (Å²) in [5.41, 5.74) is 0.377. The molecule has 9 atom stereocenters. The molecule has 0 amide bonds. The predicted octanol–water partition coefficient (Wildman–Crippen LogP) is 3.61. The summed E-state index contributed by atoms with van der Waals surface area (Å²) in [6.07, 6.45) is 8.75. The minimum absolute atomic E-state index is 0.00463. The molecule has 1 saturated heterocycles. The highest BCUT2D eigenvalue weighted by atomic mass is 16.6. The molecule has 152 valence electrons. The number of ketones is 2. The van der Waals surface area contributed by atoms with Gasteiger partial charge in [-0.05, 0) is 75.2 Å². The van der Waals surface area contributed by atoms with Gasteiger partial charge in [0.05, 0.1) is 11.7 Å². The molecule has 4 nitrogen and oxygen atoms in total. The maximum Gasteiger partial charge on any atom is 0.155 e. The number of Topliss-reactive ketones (excluding diaryl/α,β-unsaturated/α-hetero) is 1. The summed E-state index contributed by atoms with van der Waals surface area (Å²) in [5.74, 6) is 2.61. The summed E-state index contributed by atoms with van der Waals surface area (Å²) in [4.78, 5) is 23.8. The van der Waals surface area contributed by atoms with Gasteiger partial charge in [-0.25, -0.2) is 0 Å². The van der Waals surface area contributed by atoms with Crippen LogP contribution in [0, 0.1) is 34.5 Å². The lowest BCUT2D eigenvalue weighted by molar-refractivity contribution is -0.129. The maximum absolute atomic E-state index is 12.2. The van der Waals surface area contributed by atoms with Gasteiger partial charge in [-0.15, -0.1) is 0 Å². The molecule has 0 aromatic heterocycles. The molecular weight excluding hydrogens is 352 g/mol. The van der Waals surface area contributed by atoms with Crippen molar-refractivity contribution in [3.8, 4) is 0 Å². The first-order valence-electron chi connectivity index (χ1n) is 11.3. The predicted molar refractivity (Wildman–Crippen MR) is 103 cm³/mol. The van der Waals surface area contributed by atoms with Crippen LogP contribution in [0.1, 0.15) is 72.1 Å². The van der Waals surface area contributed by atoms with E-state index < -0.39 is 5.60 Å². The molecule has 5 fully saturated rings. The molecule has 6 rings (SSSR count). The van der Waals surface area contributed by atoms with Crippen LogP contribution in [0.2, 0.25) is 0 Å². The van der Waals surface area contributed by atoms with Crippen LogP contribution in [-0.2, 0) is 14.3 Å². The zero-order chi connectivity index (χ0) is 19.7. The second kappa shape index (κ2) is 5.00. The fourth-order valence-corrected chi connectivity index (χ4v) is 8.72. The van der Waals surface area contributed by atoms with Gasteiger partial charge in [0.15, 0.2) is 5.78 Å². The summed E-state index contributed by atoms with van der Waals surface area (Å²) >= 11 is 0. The number of epoxide rings is 1. The summed E-state index contributed by atoms with van der Waals surface area (Å²) in [7, 11) is 0. The van der Waals surface area contributed by atoms with E-state index in [2.05, 4.69) is 13.8 Å². The molecule has 0 aromatic carbocycles. The molecule has 6 aliphatic rings. The molecule has 4 heteroatoms. The van der Waals surface area contributed by atoms with Crippen LogP contribution >= 0.6 is 0 Å². The number of hydrogen-bond donors (Lipinski definition) is 1. The Morgan fingerprint density at radius 1 is 1.32 bits per heavy atom.